The summed E-state index contributed by atoms with van der Waals surface area (Å²) in [5.74, 6) is -2.14. The van der Waals surface area contributed by atoms with Gasteiger partial charge in [-0.2, -0.15) is 0 Å². The van der Waals surface area contributed by atoms with Crippen molar-refractivity contribution in [2.45, 2.75) is 0 Å². The second kappa shape index (κ2) is 3.91. The number of benzene rings is 1. The second-order valence-electron chi connectivity index (χ2n) is 2.46. The summed E-state index contributed by atoms with van der Waals surface area (Å²) in [4.78, 5) is 10.5. The van der Waals surface area contributed by atoms with Crippen LogP contribution in [-0.2, 0) is 0 Å². The van der Waals surface area contributed by atoms with Gasteiger partial charge in [0.15, 0.2) is 11.6 Å². The van der Waals surface area contributed by atoms with Crippen molar-refractivity contribution < 1.29 is 18.3 Å². The molecule has 6 heteroatoms. The molecule has 0 heterocycles. The van der Waals surface area contributed by atoms with Gasteiger partial charge >= 0.3 is 6.03 Å². The van der Waals surface area contributed by atoms with Gasteiger partial charge in [-0.3, -0.25) is 0 Å². The van der Waals surface area contributed by atoms with Crippen molar-refractivity contribution in [2.75, 3.05) is 12.4 Å². The molecule has 0 atom stereocenters. The third kappa shape index (κ3) is 2.09. The second-order valence-corrected chi connectivity index (χ2v) is 2.46. The Morgan fingerprint density at radius 3 is 2.50 bits per heavy atom. The van der Waals surface area contributed by atoms with Crippen molar-refractivity contribution in [1.29, 1.82) is 0 Å². The van der Waals surface area contributed by atoms with Gasteiger partial charge in [0.25, 0.3) is 0 Å². The lowest BCUT2D eigenvalue weighted by Crippen LogP contribution is -2.19. The summed E-state index contributed by atoms with van der Waals surface area (Å²) in [6, 6.07) is 0.730. The van der Waals surface area contributed by atoms with Crippen LogP contribution in [0.25, 0.3) is 0 Å². The number of amides is 2. The lowest BCUT2D eigenvalue weighted by molar-refractivity contribution is 0.259. The van der Waals surface area contributed by atoms with Gasteiger partial charge < -0.3 is 15.8 Å². The van der Waals surface area contributed by atoms with E-state index in [1.165, 1.54) is 7.11 Å². The highest BCUT2D eigenvalue weighted by Gasteiger charge is 2.11. The highest BCUT2D eigenvalue weighted by Crippen LogP contribution is 2.26. The zero-order chi connectivity index (χ0) is 10.7. The minimum atomic E-state index is -1.09. The number of anilines is 1. The molecule has 0 aromatic heterocycles. The molecular formula is C8H8F2N2O2. The average molecular weight is 202 g/mol. The molecule has 76 valence electrons. The van der Waals surface area contributed by atoms with E-state index in [-0.39, 0.29) is 11.4 Å². The van der Waals surface area contributed by atoms with Crippen LogP contribution in [0.2, 0.25) is 0 Å². The van der Waals surface area contributed by atoms with Crippen LogP contribution < -0.4 is 15.8 Å². The van der Waals surface area contributed by atoms with Gasteiger partial charge in [-0.25, -0.2) is 13.6 Å². The number of ether oxygens (including phenoxy) is 1. The van der Waals surface area contributed by atoms with Crippen LogP contribution in [0, 0.1) is 11.6 Å². The normalized spacial score (nSPS) is 9.64. The largest absolute Gasteiger partial charge is 0.494 e. The summed E-state index contributed by atoms with van der Waals surface area (Å²) in [6.45, 7) is 0. The predicted molar refractivity (Wildman–Crippen MR) is 46.1 cm³/mol. The minimum absolute atomic E-state index is 0.00250. The van der Waals surface area contributed by atoms with Crippen LogP contribution in [0.5, 0.6) is 5.75 Å². The third-order valence-electron chi connectivity index (χ3n) is 1.50. The molecule has 0 saturated heterocycles. The first-order chi connectivity index (χ1) is 6.54. The molecule has 0 radical (unpaired) electrons. The van der Waals surface area contributed by atoms with Crippen molar-refractivity contribution in [3.8, 4) is 5.75 Å². The van der Waals surface area contributed by atoms with E-state index in [0.29, 0.717) is 0 Å². The van der Waals surface area contributed by atoms with Crippen molar-refractivity contribution in [3.05, 3.63) is 23.8 Å². The molecule has 0 unspecified atom stereocenters. The molecule has 3 N–H and O–H groups in total. The number of hydrogen-bond acceptors (Lipinski definition) is 2. The first kappa shape index (κ1) is 10.2. The van der Waals surface area contributed by atoms with Crippen LogP contribution >= 0.6 is 0 Å². The molecule has 0 fully saturated rings. The summed E-state index contributed by atoms with van der Waals surface area (Å²) < 4.78 is 30.1. The molecule has 14 heavy (non-hydrogen) atoms. The molecule has 2 amide bonds. The van der Waals surface area contributed by atoms with Gasteiger partial charge in [-0.15, -0.1) is 0 Å². The van der Waals surface area contributed by atoms with Crippen molar-refractivity contribution in [2.24, 2.45) is 5.73 Å². The maximum Gasteiger partial charge on any atom is 0.316 e. The molecule has 1 aromatic rings. The molecule has 0 bridgehead atoms. The number of rotatable bonds is 2. The number of methoxy groups -OCH3 is 1. The van der Waals surface area contributed by atoms with Crippen LogP contribution in [0.1, 0.15) is 0 Å². The number of hydrogen-bond donors (Lipinski definition) is 2. The van der Waals surface area contributed by atoms with Gasteiger partial charge in [0, 0.05) is 12.1 Å². The van der Waals surface area contributed by atoms with Crippen molar-refractivity contribution in [3.63, 3.8) is 0 Å². The van der Waals surface area contributed by atoms with E-state index in [2.05, 4.69) is 5.32 Å². The average Bonchev–Trinajstić information content (AvgIpc) is 2.10. The fourth-order valence-electron chi connectivity index (χ4n) is 0.928. The lowest BCUT2D eigenvalue weighted by Gasteiger charge is -2.08. The van der Waals surface area contributed by atoms with E-state index in [9.17, 15) is 13.6 Å². The molecular weight excluding hydrogens is 194 g/mol. The maximum atomic E-state index is 12.7. The molecule has 0 aliphatic heterocycles. The molecule has 0 saturated carbocycles. The molecule has 0 aliphatic carbocycles. The van der Waals surface area contributed by atoms with Gasteiger partial charge in [-0.1, -0.05) is 0 Å². The van der Waals surface area contributed by atoms with Crippen molar-refractivity contribution in [1.82, 2.24) is 0 Å². The van der Waals surface area contributed by atoms with E-state index in [0.717, 1.165) is 12.1 Å². The Hall–Kier alpha value is -1.85. The fourth-order valence-corrected chi connectivity index (χ4v) is 0.928. The van der Waals surface area contributed by atoms with E-state index in [1.807, 2.05) is 0 Å². The van der Waals surface area contributed by atoms with Crippen LogP contribution in [-0.4, -0.2) is 13.1 Å². The molecule has 0 spiro atoms. The minimum Gasteiger partial charge on any atom is -0.494 e. The number of primary amides is 1. The molecule has 1 aromatic carbocycles. The first-order valence-electron chi connectivity index (χ1n) is 3.64. The van der Waals surface area contributed by atoms with E-state index < -0.39 is 17.7 Å². The number of halogens is 2. The lowest BCUT2D eigenvalue weighted by atomic mass is 10.2. The zero-order valence-electron chi connectivity index (χ0n) is 7.30. The first-order valence-corrected chi connectivity index (χ1v) is 3.64. The van der Waals surface area contributed by atoms with Gasteiger partial charge in [0.1, 0.15) is 5.75 Å². The Bertz CT molecular complexity index is 369. The summed E-state index contributed by atoms with van der Waals surface area (Å²) >= 11 is 0. The van der Waals surface area contributed by atoms with Crippen molar-refractivity contribution >= 4 is 11.7 Å². The quantitative estimate of drug-likeness (QED) is 0.762. The van der Waals surface area contributed by atoms with Crippen LogP contribution in [0.15, 0.2) is 12.1 Å². The van der Waals surface area contributed by atoms with E-state index in [4.69, 9.17) is 10.5 Å². The number of carbonyl (C=O) groups is 1. The maximum absolute atomic E-state index is 12.7. The SMILES string of the molecule is COc1cc(F)c(F)cc1NC(N)=O. The molecule has 0 aliphatic rings. The van der Waals surface area contributed by atoms with Gasteiger partial charge in [0.2, 0.25) is 0 Å². The Morgan fingerprint density at radius 2 is 2.00 bits per heavy atom. The Morgan fingerprint density at radius 1 is 1.43 bits per heavy atom. The summed E-state index contributed by atoms with van der Waals surface area (Å²) in [7, 11) is 1.26. The Kier molecular flexibility index (Phi) is 2.85. The monoisotopic (exact) mass is 202 g/mol. The smallest absolute Gasteiger partial charge is 0.316 e. The topological polar surface area (TPSA) is 64.3 Å². The third-order valence-corrected chi connectivity index (χ3v) is 1.50. The number of carbonyl (C=O) groups excluding carboxylic acids is 1. The number of urea groups is 1. The standard InChI is InChI=1S/C8H8F2N2O2/c1-14-7-3-5(10)4(9)2-6(7)12-8(11)13/h2-3H,1H3,(H3,11,12,13). The summed E-state index contributed by atoms with van der Waals surface area (Å²) in [6.07, 6.45) is 0. The van der Waals surface area contributed by atoms with Crippen LogP contribution in [0.3, 0.4) is 0 Å². The highest BCUT2D eigenvalue weighted by molar-refractivity contribution is 5.89. The van der Waals surface area contributed by atoms with Crippen LogP contribution in [0.4, 0.5) is 19.3 Å². The van der Waals surface area contributed by atoms with Gasteiger partial charge in [-0.05, 0) is 0 Å². The molecule has 4 nitrogen and oxygen atoms in total. The van der Waals surface area contributed by atoms with Gasteiger partial charge in [0.05, 0.1) is 12.8 Å². The van der Waals surface area contributed by atoms with E-state index >= 15 is 0 Å². The van der Waals surface area contributed by atoms with E-state index in [1.54, 1.807) is 0 Å². The Balaban J connectivity index is 3.13. The fraction of sp³-hybridized carbons (Fsp3) is 0.125. The summed E-state index contributed by atoms with van der Waals surface area (Å²) in [5.41, 5.74) is 4.80. The predicted octanol–water partition coefficient (Wildman–Crippen LogP) is 1.46. The highest BCUT2D eigenvalue weighted by atomic mass is 19.2. The number of nitrogens with two attached hydrogens (primary N) is 1. The summed E-state index contributed by atoms with van der Waals surface area (Å²) in [5, 5.41) is 2.10. The Labute approximate surface area is 78.7 Å². The molecule has 1 rings (SSSR count). The zero-order valence-corrected chi connectivity index (χ0v) is 7.30. The number of nitrogens with one attached hydrogen (secondary N) is 1.